The van der Waals surface area contributed by atoms with E-state index in [1.54, 1.807) is 6.92 Å². The molecule has 0 heterocycles. The minimum absolute atomic E-state index is 0.0170. The SMILES string of the molecule is CCC(=O)C1=C(O)CC(c2c(C)c(C)cc3ccccc23)CC1=O. The maximum atomic E-state index is 12.5. The molecule has 1 N–H and O–H groups in total. The van der Waals surface area contributed by atoms with Gasteiger partial charge in [-0.3, -0.25) is 9.59 Å². The van der Waals surface area contributed by atoms with Crippen molar-refractivity contribution in [1.29, 1.82) is 0 Å². The van der Waals surface area contributed by atoms with E-state index >= 15 is 0 Å². The van der Waals surface area contributed by atoms with Crippen LogP contribution in [-0.4, -0.2) is 16.7 Å². The van der Waals surface area contributed by atoms with Crippen molar-refractivity contribution in [3.63, 3.8) is 0 Å². The Morgan fingerprint density at radius 2 is 1.92 bits per heavy atom. The van der Waals surface area contributed by atoms with E-state index in [9.17, 15) is 14.7 Å². The van der Waals surface area contributed by atoms with E-state index in [1.807, 2.05) is 12.1 Å². The van der Waals surface area contributed by atoms with Gasteiger partial charge in [0.25, 0.3) is 0 Å². The number of ketones is 2. The van der Waals surface area contributed by atoms with Crippen LogP contribution in [0.25, 0.3) is 10.8 Å². The first-order valence-corrected chi connectivity index (χ1v) is 8.41. The number of hydrogen-bond donors (Lipinski definition) is 1. The molecule has 0 radical (unpaired) electrons. The van der Waals surface area contributed by atoms with Crippen LogP contribution < -0.4 is 0 Å². The van der Waals surface area contributed by atoms with Crippen molar-refractivity contribution >= 4 is 22.3 Å². The van der Waals surface area contributed by atoms with Crippen LogP contribution >= 0.6 is 0 Å². The standard InChI is InChI=1S/C21H22O3/c1-4-17(22)21-18(23)10-15(11-19(21)24)20-13(3)12(2)9-14-7-5-6-8-16(14)20/h5-9,15,23H,4,10-11H2,1-3H3. The highest BCUT2D eigenvalue weighted by Crippen LogP contribution is 2.40. The third-order valence-corrected chi connectivity index (χ3v) is 5.07. The second-order valence-electron chi connectivity index (χ2n) is 6.58. The van der Waals surface area contributed by atoms with Gasteiger partial charge in [-0.2, -0.15) is 0 Å². The van der Waals surface area contributed by atoms with E-state index in [0.29, 0.717) is 6.42 Å². The third kappa shape index (κ3) is 2.64. The number of rotatable bonds is 3. The molecule has 24 heavy (non-hydrogen) atoms. The Morgan fingerprint density at radius 1 is 1.21 bits per heavy atom. The molecule has 0 amide bonds. The minimum Gasteiger partial charge on any atom is -0.511 e. The van der Waals surface area contributed by atoms with Crippen LogP contribution in [0.4, 0.5) is 0 Å². The fourth-order valence-corrected chi connectivity index (χ4v) is 3.74. The van der Waals surface area contributed by atoms with Gasteiger partial charge in [0.2, 0.25) is 0 Å². The summed E-state index contributed by atoms with van der Waals surface area (Å²) in [6.45, 7) is 5.84. The van der Waals surface area contributed by atoms with Gasteiger partial charge in [0.15, 0.2) is 11.6 Å². The molecule has 0 spiro atoms. The number of hydrogen-bond acceptors (Lipinski definition) is 3. The smallest absolute Gasteiger partial charge is 0.170 e. The minimum atomic E-state index is -0.262. The maximum absolute atomic E-state index is 12.5. The number of Topliss-reactive ketones (excluding diaryl/α,β-unsaturated/α-hetero) is 2. The maximum Gasteiger partial charge on any atom is 0.170 e. The Hall–Kier alpha value is -2.42. The number of carbonyl (C=O) groups is 2. The van der Waals surface area contributed by atoms with Crippen molar-refractivity contribution in [2.24, 2.45) is 0 Å². The summed E-state index contributed by atoms with van der Waals surface area (Å²) < 4.78 is 0. The van der Waals surface area contributed by atoms with Gasteiger partial charge in [0.1, 0.15) is 5.76 Å². The fraction of sp³-hybridized carbons (Fsp3) is 0.333. The van der Waals surface area contributed by atoms with Crippen LogP contribution in [0.5, 0.6) is 0 Å². The Morgan fingerprint density at radius 3 is 2.58 bits per heavy atom. The number of carbonyl (C=O) groups excluding carboxylic acids is 2. The first-order chi connectivity index (χ1) is 11.4. The molecule has 1 atom stereocenters. The van der Waals surface area contributed by atoms with E-state index < -0.39 is 0 Å². The Bertz CT molecular complexity index is 874. The first kappa shape index (κ1) is 16.4. The highest BCUT2D eigenvalue weighted by molar-refractivity contribution is 6.21. The van der Waals surface area contributed by atoms with Crippen molar-refractivity contribution < 1.29 is 14.7 Å². The average Bonchev–Trinajstić information content (AvgIpc) is 2.55. The molecule has 1 aliphatic rings. The van der Waals surface area contributed by atoms with E-state index in [4.69, 9.17) is 0 Å². The van der Waals surface area contributed by atoms with E-state index in [-0.39, 0.29) is 41.7 Å². The Kier molecular flexibility index (Phi) is 4.27. The predicted octanol–water partition coefficient (Wildman–Crippen LogP) is 4.69. The van der Waals surface area contributed by atoms with Crippen molar-refractivity contribution in [1.82, 2.24) is 0 Å². The number of benzene rings is 2. The number of fused-ring (bicyclic) bond motifs is 1. The summed E-state index contributed by atoms with van der Waals surface area (Å²) in [5.41, 5.74) is 3.47. The molecular formula is C21H22O3. The monoisotopic (exact) mass is 322 g/mol. The average molecular weight is 322 g/mol. The molecule has 3 nitrogen and oxygen atoms in total. The van der Waals surface area contributed by atoms with Crippen molar-refractivity contribution in [2.45, 2.75) is 46.0 Å². The molecule has 3 heteroatoms. The first-order valence-electron chi connectivity index (χ1n) is 8.41. The Labute approximate surface area is 142 Å². The van der Waals surface area contributed by atoms with E-state index in [1.165, 1.54) is 5.56 Å². The zero-order valence-corrected chi connectivity index (χ0v) is 14.3. The lowest BCUT2D eigenvalue weighted by Gasteiger charge is -2.26. The second-order valence-corrected chi connectivity index (χ2v) is 6.58. The highest BCUT2D eigenvalue weighted by atomic mass is 16.3. The van der Waals surface area contributed by atoms with Crippen LogP contribution in [0.2, 0.25) is 0 Å². The van der Waals surface area contributed by atoms with Gasteiger partial charge in [0.05, 0.1) is 5.57 Å². The van der Waals surface area contributed by atoms with Crippen LogP contribution in [0.15, 0.2) is 41.7 Å². The summed E-state index contributed by atoms with van der Waals surface area (Å²) in [5.74, 6) is -0.633. The van der Waals surface area contributed by atoms with Gasteiger partial charge < -0.3 is 5.11 Å². The second kappa shape index (κ2) is 6.23. The molecular weight excluding hydrogens is 300 g/mol. The largest absolute Gasteiger partial charge is 0.511 e. The molecule has 0 aromatic heterocycles. The quantitative estimate of drug-likeness (QED) is 0.834. The summed E-state index contributed by atoms with van der Waals surface area (Å²) in [5, 5.41) is 12.6. The molecule has 0 aliphatic heterocycles. The summed E-state index contributed by atoms with van der Waals surface area (Å²) in [6.07, 6.45) is 0.864. The lowest BCUT2D eigenvalue weighted by Crippen LogP contribution is -2.24. The summed E-state index contributed by atoms with van der Waals surface area (Å²) in [6, 6.07) is 10.3. The van der Waals surface area contributed by atoms with Crippen LogP contribution in [-0.2, 0) is 9.59 Å². The van der Waals surface area contributed by atoms with E-state index in [2.05, 4.69) is 32.0 Å². The molecule has 1 unspecified atom stereocenters. The van der Waals surface area contributed by atoms with Crippen molar-refractivity contribution in [3.05, 3.63) is 58.4 Å². The molecule has 1 aliphatic carbocycles. The summed E-state index contributed by atoms with van der Waals surface area (Å²) in [7, 11) is 0. The number of aryl methyl sites for hydroxylation is 1. The molecule has 124 valence electrons. The van der Waals surface area contributed by atoms with Gasteiger partial charge in [-0.1, -0.05) is 37.3 Å². The normalized spacial score (nSPS) is 18.3. The summed E-state index contributed by atoms with van der Waals surface area (Å²) in [4.78, 5) is 24.4. The fourth-order valence-electron chi connectivity index (χ4n) is 3.74. The van der Waals surface area contributed by atoms with Gasteiger partial charge in [-0.25, -0.2) is 0 Å². The van der Waals surface area contributed by atoms with Gasteiger partial charge >= 0.3 is 0 Å². The van der Waals surface area contributed by atoms with Crippen molar-refractivity contribution in [3.8, 4) is 0 Å². The molecule has 3 rings (SSSR count). The van der Waals surface area contributed by atoms with Gasteiger partial charge in [-0.15, -0.1) is 0 Å². The predicted molar refractivity (Wildman–Crippen MR) is 95.4 cm³/mol. The number of allylic oxidation sites excluding steroid dienone is 2. The molecule has 0 fully saturated rings. The van der Waals surface area contributed by atoms with Crippen LogP contribution in [0.1, 0.15) is 48.8 Å². The summed E-state index contributed by atoms with van der Waals surface area (Å²) >= 11 is 0. The van der Waals surface area contributed by atoms with Gasteiger partial charge in [0, 0.05) is 19.3 Å². The molecule has 0 bridgehead atoms. The van der Waals surface area contributed by atoms with Crippen molar-refractivity contribution in [2.75, 3.05) is 0 Å². The van der Waals surface area contributed by atoms with E-state index in [0.717, 1.165) is 21.9 Å². The zero-order chi connectivity index (χ0) is 17.4. The lowest BCUT2D eigenvalue weighted by atomic mass is 9.77. The molecule has 0 saturated carbocycles. The zero-order valence-electron chi connectivity index (χ0n) is 14.3. The Balaban J connectivity index is 2.13. The number of aliphatic hydroxyl groups is 1. The molecule has 2 aromatic rings. The number of aliphatic hydroxyl groups excluding tert-OH is 1. The van der Waals surface area contributed by atoms with Crippen LogP contribution in [0.3, 0.4) is 0 Å². The molecule has 2 aromatic carbocycles. The third-order valence-electron chi connectivity index (χ3n) is 5.07. The topological polar surface area (TPSA) is 54.4 Å². The highest BCUT2D eigenvalue weighted by Gasteiger charge is 2.33. The lowest BCUT2D eigenvalue weighted by molar-refractivity contribution is -0.122. The molecule has 0 saturated heterocycles. The van der Waals surface area contributed by atoms with Gasteiger partial charge in [-0.05, 0) is 47.2 Å². The van der Waals surface area contributed by atoms with Crippen LogP contribution in [0, 0.1) is 13.8 Å².